The molecule has 0 spiro atoms. The van der Waals surface area contributed by atoms with E-state index in [1.807, 2.05) is 66.4 Å². The number of morpholine rings is 1. The first kappa shape index (κ1) is 25.6. The van der Waals surface area contributed by atoms with Crippen LogP contribution in [0.4, 0.5) is 5.13 Å². The smallest absolute Gasteiger partial charge is 0.260 e. The Hall–Kier alpha value is -2.48. The lowest BCUT2D eigenvalue weighted by molar-refractivity contribution is 0.0391. The van der Waals surface area contributed by atoms with Crippen LogP contribution < -0.4 is 4.90 Å². The maximum Gasteiger partial charge on any atom is 0.260 e. The number of hydrogen-bond donors (Lipinski definition) is 0. The average molecular weight is 529 g/mol. The molecule has 0 bridgehead atoms. The minimum Gasteiger partial charge on any atom is -0.379 e. The number of rotatable bonds is 6. The zero-order valence-electron chi connectivity index (χ0n) is 19.4. The monoisotopic (exact) mass is 527 g/mol. The molecule has 5 rings (SSSR count). The van der Waals surface area contributed by atoms with Gasteiger partial charge in [0.05, 0.1) is 23.4 Å². The van der Waals surface area contributed by atoms with Crippen LogP contribution in [-0.4, -0.2) is 55.2 Å². The molecule has 5 nitrogen and oxygen atoms in total. The number of hydrogen-bond acceptors (Lipinski definition) is 5. The van der Waals surface area contributed by atoms with Crippen LogP contribution in [0.1, 0.15) is 15.9 Å². The van der Waals surface area contributed by atoms with E-state index in [0.29, 0.717) is 22.3 Å². The van der Waals surface area contributed by atoms with Crippen LogP contribution in [0.2, 0.25) is 5.02 Å². The summed E-state index contributed by atoms with van der Waals surface area (Å²) in [4.78, 5) is 22.7. The highest BCUT2D eigenvalue weighted by Crippen LogP contribution is 2.34. The second-order valence-corrected chi connectivity index (χ2v) is 9.87. The molecule has 0 unspecified atom stereocenters. The third-order valence-electron chi connectivity index (χ3n) is 6.10. The molecule has 1 saturated heterocycles. The first-order valence-corrected chi connectivity index (χ1v) is 12.6. The highest BCUT2D eigenvalue weighted by molar-refractivity contribution is 7.22. The van der Waals surface area contributed by atoms with Crippen molar-refractivity contribution in [2.45, 2.75) is 6.92 Å². The molecule has 0 atom stereocenters. The molecular weight excluding hydrogens is 501 g/mol. The molecule has 4 aromatic rings. The van der Waals surface area contributed by atoms with Gasteiger partial charge in [-0.2, -0.15) is 0 Å². The topological polar surface area (TPSA) is 45.7 Å². The molecule has 35 heavy (non-hydrogen) atoms. The zero-order chi connectivity index (χ0) is 23.5. The van der Waals surface area contributed by atoms with E-state index in [1.54, 1.807) is 0 Å². The van der Waals surface area contributed by atoms with Gasteiger partial charge in [-0.05, 0) is 47.9 Å². The summed E-state index contributed by atoms with van der Waals surface area (Å²) in [7, 11) is 0. The third-order valence-corrected chi connectivity index (χ3v) is 7.34. The molecule has 8 heteroatoms. The number of thiazole rings is 1. The van der Waals surface area contributed by atoms with Crippen LogP contribution in [-0.2, 0) is 4.74 Å². The van der Waals surface area contributed by atoms with E-state index in [-0.39, 0.29) is 18.3 Å². The van der Waals surface area contributed by atoms with Gasteiger partial charge in [0.15, 0.2) is 5.13 Å². The van der Waals surface area contributed by atoms with E-state index in [1.165, 1.54) is 11.3 Å². The number of nitrogens with zero attached hydrogens (tertiary/aromatic N) is 3. The van der Waals surface area contributed by atoms with Gasteiger partial charge >= 0.3 is 0 Å². The van der Waals surface area contributed by atoms with Gasteiger partial charge in [0, 0.05) is 36.8 Å². The van der Waals surface area contributed by atoms with E-state index >= 15 is 0 Å². The van der Waals surface area contributed by atoms with Gasteiger partial charge in [-0.1, -0.05) is 65.4 Å². The number of aromatic nitrogens is 1. The molecule has 1 aliphatic heterocycles. The Morgan fingerprint density at radius 3 is 2.46 bits per heavy atom. The van der Waals surface area contributed by atoms with Crippen molar-refractivity contribution in [3.05, 3.63) is 82.9 Å². The van der Waals surface area contributed by atoms with Crippen molar-refractivity contribution in [2.24, 2.45) is 0 Å². The lowest BCUT2D eigenvalue weighted by Gasteiger charge is -2.29. The average Bonchev–Trinajstić information content (AvgIpc) is 3.29. The molecule has 2 heterocycles. The summed E-state index contributed by atoms with van der Waals surface area (Å²) in [5.74, 6) is -0.0457. The highest BCUT2D eigenvalue weighted by Gasteiger charge is 2.23. The molecular formula is C27H27Cl2N3O2S. The van der Waals surface area contributed by atoms with Crippen molar-refractivity contribution in [1.82, 2.24) is 9.88 Å². The van der Waals surface area contributed by atoms with Gasteiger partial charge in [-0.15, -0.1) is 12.4 Å². The molecule has 1 aliphatic rings. The van der Waals surface area contributed by atoms with Gasteiger partial charge in [-0.25, -0.2) is 4.98 Å². The second-order valence-electron chi connectivity index (χ2n) is 8.42. The SMILES string of the molecule is Cc1cc(Cl)cc2sc(N(CCN3CCOCC3)C(=O)c3ccc(-c4ccccc4)cc3)nc12.Cl. The number of halogens is 2. The number of carbonyl (C=O) groups is 1. The van der Waals surface area contributed by atoms with E-state index < -0.39 is 0 Å². The molecule has 0 radical (unpaired) electrons. The largest absolute Gasteiger partial charge is 0.379 e. The lowest BCUT2D eigenvalue weighted by Crippen LogP contribution is -2.43. The summed E-state index contributed by atoms with van der Waals surface area (Å²) in [6.07, 6.45) is 0. The quantitative estimate of drug-likeness (QED) is 0.294. The first-order valence-electron chi connectivity index (χ1n) is 11.4. The Morgan fingerprint density at radius 2 is 1.74 bits per heavy atom. The first-order chi connectivity index (χ1) is 16.6. The van der Waals surface area contributed by atoms with Crippen molar-refractivity contribution >= 4 is 56.6 Å². The van der Waals surface area contributed by atoms with Crippen LogP contribution in [0.15, 0.2) is 66.7 Å². The summed E-state index contributed by atoms with van der Waals surface area (Å²) in [5.41, 5.74) is 4.77. The summed E-state index contributed by atoms with van der Waals surface area (Å²) < 4.78 is 6.46. The number of fused-ring (bicyclic) bond motifs is 1. The van der Waals surface area contributed by atoms with Crippen LogP contribution in [0.5, 0.6) is 0 Å². The third kappa shape index (κ3) is 5.85. The van der Waals surface area contributed by atoms with Gasteiger partial charge in [0.25, 0.3) is 5.91 Å². The van der Waals surface area contributed by atoms with Crippen LogP contribution >= 0.6 is 35.3 Å². The predicted octanol–water partition coefficient (Wildman–Crippen LogP) is 6.33. The van der Waals surface area contributed by atoms with Gasteiger partial charge in [-0.3, -0.25) is 14.6 Å². The molecule has 1 aromatic heterocycles. The fourth-order valence-electron chi connectivity index (χ4n) is 4.20. The van der Waals surface area contributed by atoms with Gasteiger partial charge in [0.2, 0.25) is 0 Å². The number of carbonyl (C=O) groups excluding carboxylic acids is 1. The number of anilines is 1. The Balaban J connectivity index is 0.00000289. The van der Waals surface area contributed by atoms with Crippen LogP contribution in [0.3, 0.4) is 0 Å². The molecule has 3 aromatic carbocycles. The Morgan fingerprint density at radius 1 is 1.06 bits per heavy atom. The van der Waals surface area contributed by atoms with Crippen molar-refractivity contribution < 1.29 is 9.53 Å². The van der Waals surface area contributed by atoms with Gasteiger partial charge in [0.1, 0.15) is 0 Å². The predicted molar refractivity (Wildman–Crippen MR) is 147 cm³/mol. The van der Waals surface area contributed by atoms with Crippen LogP contribution in [0, 0.1) is 6.92 Å². The van der Waals surface area contributed by atoms with Crippen molar-refractivity contribution in [2.75, 3.05) is 44.3 Å². The number of amides is 1. The molecule has 182 valence electrons. The van der Waals surface area contributed by atoms with Crippen LogP contribution in [0.25, 0.3) is 21.3 Å². The minimum atomic E-state index is -0.0457. The molecule has 1 amide bonds. The van der Waals surface area contributed by atoms with Crippen molar-refractivity contribution in [3.8, 4) is 11.1 Å². The highest BCUT2D eigenvalue weighted by atomic mass is 35.5. The van der Waals surface area contributed by atoms with E-state index in [9.17, 15) is 4.79 Å². The standard InChI is InChI=1S/C27H26ClN3O2S.ClH/c1-19-17-23(28)18-24-25(19)29-27(34-24)31(12-11-30-13-15-33-16-14-30)26(32)22-9-7-21(8-10-22)20-5-3-2-4-6-20;/h2-10,17-18H,11-16H2,1H3;1H. The fraction of sp³-hybridized carbons (Fsp3) is 0.259. The molecule has 0 saturated carbocycles. The molecule has 1 fully saturated rings. The van der Waals surface area contributed by atoms with Crippen molar-refractivity contribution in [3.63, 3.8) is 0 Å². The van der Waals surface area contributed by atoms with Gasteiger partial charge < -0.3 is 4.74 Å². The summed E-state index contributed by atoms with van der Waals surface area (Å²) in [5, 5.41) is 1.38. The Kier molecular flexibility index (Phi) is 8.42. The zero-order valence-corrected chi connectivity index (χ0v) is 21.8. The van der Waals surface area contributed by atoms with Crippen molar-refractivity contribution in [1.29, 1.82) is 0 Å². The number of ether oxygens (including phenoxy) is 1. The van der Waals surface area contributed by atoms with E-state index in [4.69, 9.17) is 21.3 Å². The molecule has 0 aliphatic carbocycles. The van der Waals surface area contributed by atoms with E-state index in [2.05, 4.69) is 17.0 Å². The normalized spacial score (nSPS) is 14.0. The minimum absolute atomic E-state index is 0. The van der Waals surface area contributed by atoms with E-state index in [0.717, 1.165) is 59.8 Å². The summed E-state index contributed by atoms with van der Waals surface area (Å²) in [6.45, 7) is 6.55. The number of benzene rings is 3. The Labute approximate surface area is 220 Å². The lowest BCUT2D eigenvalue weighted by atomic mass is 10.0. The number of aryl methyl sites for hydroxylation is 1. The maximum atomic E-state index is 13.7. The Bertz CT molecular complexity index is 1290. The summed E-state index contributed by atoms with van der Waals surface area (Å²) >= 11 is 7.79. The maximum absolute atomic E-state index is 13.7. The summed E-state index contributed by atoms with van der Waals surface area (Å²) in [6, 6.07) is 21.8. The molecule has 0 N–H and O–H groups in total. The second kappa shape index (κ2) is 11.5. The fourth-order valence-corrected chi connectivity index (χ4v) is 5.64.